The molecule has 1 saturated heterocycles. The van der Waals surface area contributed by atoms with Crippen molar-refractivity contribution >= 4 is 17.4 Å². The van der Waals surface area contributed by atoms with Crippen LogP contribution in [0.25, 0.3) is 0 Å². The SMILES string of the molecule is CC(=O)c1ccc(N2CCN(C(=O)C3CC3c3ccccc3F)CC2)c(F)c1. The van der Waals surface area contributed by atoms with E-state index >= 15 is 0 Å². The van der Waals surface area contributed by atoms with Crippen molar-refractivity contribution in [3.05, 3.63) is 65.2 Å². The number of Topliss-reactive ketones (excluding diaryl/α,β-unsaturated/α-hetero) is 1. The third-order valence-corrected chi connectivity index (χ3v) is 5.70. The molecule has 2 atom stereocenters. The van der Waals surface area contributed by atoms with Gasteiger partial charge in [-0.3, -0.25) is 9.59 Å². The molecule has 2 unspecified atom stereocenters. The predicted molar refractivity (Wildman–Crippen MR) is 102 cm³/mol. The lowest BCUT2D eigenvalue weighted by Crippen LogP contribution is -2.49. The zero-order valence-electron chi connectivity index (χ0n) is 15.7. The molecule has 0 bridgehead atoms. The van der Waals surface area contributed by atoms with E-state index < -0.39 is 5.82 Å². The highest BCUT2D eigenvalue weighted by Gasteiger charge is 2.47. The summed E-state index contributed by atoms with van der Waals surface area (Å²) in [5, 5.41) is 0. The average Bonchev–Trinajstić information content (AvgIpc) is 3.48. The number of carbonyl (C=O) groups is 2. The molecule has 6 heteroatoms. The van der Waals surface area contributed by atoms with Crippen LogP contribution in [0.4, 0.5) is 14.5 Å². The standard InChI is InChI=1S/C22H22F2N2O2/c1-14(27)15-6-7-21(20(24)12-15)25-8-10-26(11-9-25)22(28)18-13-17(18)16-4-2-3-5-19(16)23/h2-7,12,17-18H,8-11,13H2,1H3. The molecule has 1 amide bonds. The fourth-order valence-electron chi connectivity index (χ4n) is 3.97. The lowest BCUT2D eigenvalue weighted by molar-refractivity contribution is -0.133. The van der Waals surface area contributed by atoms with E-state index in [0.717, 1.165) is 0 Å². The minimum atomic E-state index is -0.422. The summed E-state index contributed by atoms with van der Waals surface area (Å²) < 4.78 is 28.3. The molecule has 2 aromatic carbocycles. The smallest absolute Gasteiger partial charge is 0.226 e. The molecule has 0 radical (unpaired) electrons. The highest BCUT2D eigenvalue weighted by molar-refractivity contribution is 5.94. The zero-order chi connectivity index (χ0) is 19.8. The molecule has 0 aromatic heterocycles. The van der Waals surface area contributed by atoms with Gasteiger partial charge in [0.15, 0.2) is 5.78 Å². The maximum atomic E-state index is 14.4. The van der Waals surface area contributed by atoms with Crippen LogP contribution in [0.3, 0.4) is 0 Å². The van der Waals surface area contributed by atoms with Gasteiger partial charge in [-0.1, -0.05) is 18.2 Å². The fraction of sp³-hybridized carbons (Fsp3) is 0.364. The number of halogens is 2. The predicted octanol–water partition coefficient (Wildman–Crippen LogP) is 3.62. The number of benzene rings is 2. The van der Waals surface area contributed by atoms with Gasteiger partial charge in [-0.2, -0.15) is 0 Å². The third-order valence-electron chi connectivity index (χ3n) is 5.70. The number of piperazine rings is 1. The number of rotatable bonds is 4. The summed E-state index contributed by atoms with van der Waals surface area (Å²) >= 11 is 0. The zero-order valence-corrected chi connectivity index (χ0v) is 15.7. The second-order valence-electron chi connectivity index (χ2n) is 7.50. The molecule has 4 nitrogen and oxygen atoms in total. The van der Waals surface area contributed by atoms with Crippen LogP contribution in [0.1, 0.15) is 35.2 Å². The van der Waals surface area contributed by atoms with Crippen molar-refractivity contribution < 1.29 is 18.4 Å². The summed E-state index contributed by atoms with van der Waals surface area (Å²) in [6, 6.07) is 11.1. The Bertz CT molecular complexity index is 923. The first-order valence-corrected chi connectivity index (χ1v) is 9.54. The van der Waals surface area contributed by atoms with Gasteiger partial charge in [0.25, 0.3) is 0 Å². The van der Waals surface area contributed by atoms with Crippen molar-refractivity contribution in [2.75, 3.05) is 31.1 Å². The van der Waals surface area contributed by atoms with Crippen LogP contribution in [-0.4, -0.2) is 42.8 Å². The Morgan fingerprint density at radius 3 is 2.32 bits per heavy atom. The van der Waals surface area contributed by atoms with E-state index in [1.165, 1.54) is 19.1 Å². The van der Waals surface area contributed by atoms with E-state index in [1.54, 1.807) is 35.2 Å². The number of hydrogen-bond donors (Lipinski definition) is 0. The van der Waals surface area contributed by atoms with Crippen LogP contribution < -0.4 is 4.90 Å². The lowest BCUT2D eigenvalue weighted by Gasteiger charge is -2.36. The second kappa shape index (κ2) is 7.34. The molecular formula is C22H22F2N2O2. The first-order valence-electron chi connectivity index (χ1n) is 9.54. The molecular weight excluding hydrogens is 362 g/mol. The Labute approximate surface area is 162 Å². The number of amides is 1. The highest BCUT2D eigenvalue weighted by Crippen LogP contribution is 2.49. The molecule has 146 valence electrons. The third kappa shape index (κ3) is 3.51. The van der Waals surface area contributed by atoms with Crippen molar-refractivity contribution in [2.45, 2.75) is 19.3 Å². The van der Waals surface area contributed by atoms with E-state index in [0.29, 0.717) is 49.4 Å². The van der Waals surface area contributed by atoms with Crippen molar-refractivity contribution in [3.63, 3.8) is 0 Å². The van der Waals surface area contributed by atoms with Crippen LogP contribution >= 0.6 is 0 Å². The van der Waals surface area contributed by atoms with Gasteiger partial charge in [0, 0.05) is 37.7 Å². The number of nitrogens with zero attached hydrogens (tertiary/aromatic N) is 2. The van der Waals surface area contributed by atoms with Gasteiger partial charge < -0.3 is 9.80 Å². The monoisotopic (exact) mass is 384 g/mol. The Balaban J connectivity index is 1.37. The molecule has 1 saturated carbocycles. The van der Waals surface area contributed by atoms with Gasteiger partial charge in [-0.05, 0) is 49.1 Å². The van der Waals surface area contributed by atoms with Crippen LogP contribution in [0, 0.1) is 17.6 Å². The molecule has 1 heterocycles. The van der Waals surface area contributed by atoms with E-state index in [4.69, 9.17) is 0 Å². The Morgan fingerprint density at radius 2 is 1.68 bits per heavy atom. The molecule has 1 aliphatic heterocycles. The molecule has 0 spiro atoms. The van der Waals surface area contributed by atoms with Gasteiger partial charge in [-0.15, -0.1) is 0 Å². The molecule has 28 heavy (non-hydrogen) atoms. The van der Waals surface area contributed by atoms with Crippen molar-refractivity contribution in [1.82, 2.24) is 4.90 Å². The summed E-state index contributed by atoms with van der Waals surface area (Å²) in [4.78, 5) is 27.8. The number of carbonyl (C=O) groups excluding carboxylic acids is 2. The second-order valence-corrected chi connectivity index (χ2v) is 7.50. The van der Waals surface area contributed by atoms with Crippen molar-refractivity contribution in [1.29, 1.82) is 0 Å². The van der Waals surface area contributed by atoms with E-state index in [-0.39, 0.29) is 29.3 Å². The summed E-state index contributed by atoms with van der Waals surface area (Å²) in [5.74, 6) is -0.986. The molecule has 1 aliphatic carbocycles. The van der Waals surface area contributed by atoms with Crippen LogP contribution in [0.15, 0.2) is 42.5 Å². The van der Waals surface area contributed by atoms with E-state index in [2.05, 4.69) is 0 Å². The maximum absolute atomic E-state index is 14.4. The normalized spacial score (nSPS) is 21.5. The molecule has 2 aromatic rings. The van der Waals surface area contributed by atoms with Crippen molar-refractivity contribution in [2.24, 2.45) is 5.92 Å². The average molecular weight is 384 g/mol. The van der Waals surface area contributed by atoms with Crippen LogP contribution in [0.5, 0.6) is 0 Å². The maximum Gasteiger partial charge on any atom is 0.226 e. The fourth-order valence-corrected chi connectivity index (χ4v) is 3.97. The molecule has 0 N–H and O–H groups in total. The molecule has 4 rings (SSSR count). The Hall–Kier alpha value is -2.76. The molecule has 2 aliphatic rings. The molecule has 2 fully saturated rings. The summed E-state index contributed by atoms with van der Waals surface area (Å²) in [7, 11) is 0. The quantitative estimate of drug-likeness (QED) is 0.756. The first kappa shape index (κ1) is 18.6. The number of hydrogen-bond acceptors (Lipinski definition) is 3. The van der Waals surface area contributed by atoms with Gasteiger partial charge in [-0.25, -0.2) is 8.78 Å². The van der Waals surface area contributed by atoms with E-state index in [1.807, 2.05) is 4.90 Å². The summed E-state index contributed by atoms with van der Waals surface area (Å²) in [6.07, 6.45) is 0.682. The highest BCUT2D eigenvalue weighted by atomic mass is 19.1. The van der Waals surface area contributed by atoms with Gasteiger partial charge >= 0.3 is 0 Å². The van der Waals surface area contributed by atoms with Gasteiger partial charge in [0.2, 0.25) is 5.91 Å². The number of anilines is 1. The summed E-state index contributed by atoms with van der Waals surface area (Å²) in [6.45, 7) is 3.48. The largest absolute Gasteiger partial charge is 0.366 e. The van der Waals surface area contributed by atoms with Gasteiger partial charge in [0.05, 0.1) is 5.69 Å². The minimum absolute atomic E-state index is 0.0386. The summed E-state index contributed by atoms with van der Waals surface area (Å²) in [5.41, 5.74) is 1.42. The Kier molecular flexibility index (Phi) is 4.87. The topological polar surface area (TPSA) is 40.6 Å². The Morgan fingerprint density at radius 1 is 0.964 bits per heavy atom. The van der Waals surface area contributed by atoms with Crippen molar-refractivity contribution in [3.8, 4) is 0 Å². The number of ketones is 1. The van der Waals surface area contributed by atoms with Crippen LogP contribution in [0.2, 0.25) is 0 Å². The first-order chi connectivity index (χ1) is 13.5. The lowest BCUT2D eigenvalue weighted by atomic mass is 10.1. The van der Waals surface area contributed by atoms with Crippen LogP contribution in [-0.2, 0) is 4.79 Å². The minimum Gasteiger partial charge on any atom is -0.366 e. The van der Waals surface area contributed by atoms with Gasteiger partial charge in [0.1, 0.15) is 11.6 Å². The van der Waals surface area contributed by atoms with E-state index in [9.17, 15) is 18.4 Å².